The topological polar surface area (TPSA) is 55.5 Å². The third kappa shape index (κ3) is 2.07. The average molecular weight is 305 g/mol. The molecular formula is C17H15N5O. The summed E-state index contributed by atoms with van der Waals surface area (Å²) < 4.78 is 7.37. The number of anilines is 2. The van der Waals surface area contributed by atoms with Crippen molar-refractivity contribution in [3.8, 4) is 5.75 Å². The van der Waals surface area contributed by atoms with Crippen LogP contribution in [0.4, 0.5) is 11.5 Å². The third-order valence-corrected chi connectivity index (χ3v) is 3.90. The second-order valence-corrected chi connectivity index (χ2v) is 5.19. The van der Waals surface area contributed by atoms with Crippen molar-refractivity contribution in [3.63, 3.8) is 0 Å². The lowest BCUT2D eigenvalue weighted by atomic mass is 10.2. The van der Waals surface area contributed by atoms with E-state index in [2.05, 4.69) is 15.2 Å². The zero-order valence-corrected chi connectivity index (χ0v) is 12.8. The molecule has 0 radical (unpaired) electrons. The zero-order valence-electron chi connectivity index (χ0n) is 12.8. The van der Waals surface area contributed by atoms with Crippen LogP contribution in [0.25, 0.3) is 16.7 Å². The second kappa shape index (κ2) is 5.24. The molecule has 0 saturated carbocycles. The summed E-state index contributed by atoms with van der Waals surface area (Å²) in [5.41, 5.74) is 1.95. The van der Waals surface area contributed by atoms with Gasteiger partial charge in [-0.15, -0.1) is 10.2 Å². The van der Waals surface area contributed by atoms with E-state index >= 15 is 0 Å². The van der Waals surface area contributed by atoms with Crippen LogP contribution in [0.5, 0.6) is 5.75 Å². The molecule has 0 amide bonds. The van der Waals surface area contributed by atoms with Gasteiger partial charge in [0.25, 0.3) is 5.78 Å². The van der Waals surface area contributed by atoms with Gasteiger partial charge in [0.1, 0.15) is 23.4 Å². The highest BCUT2D eigenvalue weighted by atomic mass is 16.5. The van der Waals surface area contributed by atoms with E-state index < -0.39 is 0 Å². The third-order valence-electron chi connectivity index (χ3n) is 3.90. The molecule has 0 unspecified atom stereocenters. The average Bonchev–Trinajstić information content (AvgIpc) is 3.09. The Hall–Kier alpha value is -3.15. The molecule has 114 valence electrons. The van der Waals surface area contributed by atoms with Crippen LogP contribution in [0.15, 0.2) is 54.9 Å². The van der Waals surface area contributed by atoms with E-state index in [4.69, 9.17) is 4.74 Å². The van der Waals surface area contributed by atoms with E-state index in [-0.39, 0.29) is 0 Å². The molecular weight excluding hydrogens is 290 g/mol. The van der Waals surface area contributed by atoms with Crippen LogP contribution >= 0.6 is 0 Å². The molecule has 0 N–H and O–H groups in total. The van der Waals surface area contributed by atoms with Crippen LogP contribution in [0.1, 0.15) is 0 Å². The van der Waals surface area contributed by atoms with Crippen molar-refractivity contribution in [1.29, 1.82) is 0 Å². The first-order chi connectivity index (χ1) is 11.3. The predicted molar refractivity (Wildman–Crippen MR) is 89.3 cm³/mol. The maximum Gasteiger partial charge on any atom is 0.257 e. The molecule has 0 saturated heterocycles. The number of hydrogen-bond donors (Lipinski definition) is 0. The van der Waals surface area contributed by atoms with Crippen molar-refractivity contribution in [1.82, 2.24) is 19.6 Å². The number of para-hydroxylation sites is 2. The lowest BCUT2D eigenvalue weighted by Gasteiger charge is -2.21. The van der Waals surface area contributed by atoms with Crippen molar-refractivity contribution in [3.05, 3.63) is 54.9 Å². The largest absolute Gasteiger partial charge is 0.495 e. The highest BCUT2D eigenvalue weighted by Gasteiger charge is 2.16. The van der Waals surface area contributed by atoms with E-state index in [1.165, 1.54) is 0 Å². The van der Waals surface area contributed by atoms with E-state index in [1.54, 1.807) is 13.4 Å². The van der Waals surface area contributed by atoms with Gasteiger partial charge < -0.3 is 9.64 Å². The smallest absolute Gasteiger partial charge is 0.257 e. The normalized spacial score (nSPS) is 11.0. The second-order valence-electron chi connectivity index (χ2n) is 5.19. The van der Waals surface area contributed by atoms with Crippen molar-refractivity contribution in [2.75, 3.05) is 19.1 Å². The molecule has 0 fully saturated rings. The fraction of sp³-hybridized carbons (Fsp3) is 0.118. The molecule has 0 aliphatic heterocycles. The van der Waals surface area contributed by atoms with Gasteiger partial charge in [-0.1, -0.05) is 24.3 Å². The molecule has 6 nitrogen and oxygen atoms in total. The number of aromatic nitrogens is 4. The van der Waals surface area contributed by atoms with Crippen molar-refractivity contribution in [2.45, 2.75) is 0 Å². The molecule has 23 heavy (non-hydrogen) atoms. The molecule has 4 aromatic rings. The Morgan fingerprint density at radius 2 is 1.87 bits per heavy atom. The first-order valence-electron chi connectivity index (χ1n) is 7.25. The highest BCUT2D eigenvalue weighted by molar-refractivity contribution is 5.96. The van der Waals surface area contributed by atoms with Gasteiger partial charge in [0.2, 0.25) is 0 Å². The Kier molecular flexibility index (Phi) is 3.08. The fourth-order valence-electron chi connectivity index (χ4n) is 2.76. The van der Waals surface area contributed by atoms with E-state index in [0.717, 1.165) is 28.2 Å². The summed E-state index contributed by atoms with van der Waals surface area (Å²) in [5, 5.41) is 9.05. The van der Waals surface area contributed by atoms with Gasteiger partial charge in [0.15, 0.2) is 0 Å². The first kappa shape index (κ1) is 13.5. The lowest BCUT2D eigenvalue weighted by molar-refractivity contribution is 0.418. The van der Waals surface area contributed by atoms with Crippen LogP contribution < -0.4 is 9.64 Å². The van der Waals surface area contributed by atoms with Crippen LogP contribution in [0.2, 0.25) is 0 Å². The maximum absolute atomic E-state index is 5.52. The molecule has 0 aliphatic rings. The molecule has 4 rings (SSSR count). The van der Waals surface area contributed by atoms with Gasteiger partial charge in [-0.2, -0.15) is 4.98 Å². The summed E-state index contributed by atoms with van der Waals surface area (Å²) >= 11 is 0. The fourth-order valence-corrected chi connectivity index (χ4v) is 2.76. The molecule has 0 atom stereocenters. The molecule has 2 heterocycles. The number of fused-ring (bicyclic) bond motifs is 3. The Labute approximate surface area is 133 Å². The summed E-state index contributed by atoms with van der Waals surface area (Å²) in [7, 11) is 3.65. The summed E-state index contributed by atoms with van der Waals surface area (Å²) in [4.78, 5) is 6.71. The van der Waals surface area contributed by atoms with Crippen molar-refractivity contribution >= 4 is 28.2 Å². The summed E-state index contributed by atoms with van der Waals surface area (Å²) in [5.74, 6) is 2.11. The monoisotopic (exact) mass is 305 g/mol. The van der Waals surface area contributed by atoms with Crippen LogP contribution in [0, 0.1) is 0 Å². The predicted octanol–water partition coefficient (Wildman–Crippen LogP) is 3.05. The Morgan fingerprint density at radius 1 is 1.04 bits per heavy atom. The zero-order chi connectivity index (χ0) is 15.8. The van der Waals surface area contributed by atoms with Crippen LogP contribution in [-0.4, -0.2) is 33.7 Å². The molecule has 0 bridgehead atoms. The Balaban J connectivity index is 2.06. The minimum Gasteiger partial charge on any atom is -0.495 e. The number of nitrogens with zero attached hydrogens (tertiary/aromatic N) is 5. The van der Waals surface area contributed by atoms with Crippen molar-refractivity contribution in [2.24, 2.45) is 0 Å². The molecule has 0 aliphatic carbocycles. The highest BCUT2D eigenvalue weighted by Crippen LogP contribution is 2.34. The molecule has 2 aromatic heterocycles. The number of ether oxygens (including phenoxy) is 1. The summed E-state index contributed by atoms with van der Waals surface area (Å²) in [6.45, 7) is 0. The van der Waals surface area contributed by atoms with E-state index in [9.17, 15) is 0 Å². The number of benzene rings is 2. The van der Waals surface area contributed by atoms with Crippen LogP contribution in [-0.2, 0) is 0 Å². The van der Waals surface area contributed by atoms with E-state index in [1.807, 2.05) is 64.9 Å². The quantitative estimate of drug-likeness (QED) is 0.582. The lowest BCUT2D eigenvalue weighted by Crippen LogP contribution is -2.13. The van der Waals surface area contributed by atoms with Gasteiger partial charge in [0, 0.05) is 18.1 Å². The van der Waals surface area contributed by atoms with E-state index in [0.29, 0.717) is 5.78 Å². The maximum atomic E-state index is 5.52. The summed E-state index contributed by atoms with van der Waals surface area (Å²) in [6.07, 6.45) is 1.65. The first-order valence-corrected chi connectivity index (χ1v) is 7.25. The Morgan fingerprint density at radius 3 is 2.65 bits per heavy atom. The van der Waals surface area contributed by atoms with Gasteiger partial charge in [-0.05, 0) is 24.3 Å². The number of rotatable bonds is 3. The minimum absolute atomic E-state index is 0.541. The number of methoxy groups -OCH3 is 1. The van der Waals surface area contributed by atoms with Gasteiger partial charge in [-0.3, -0.25) is 4.40 Å². The molecule has 0 spiro atoms. The van der Waals surface area contributed by atoms with Crippen LogP contribution in [0.3, 0.4) is 0 Å². The molecule has 2 aromatic carbocycles. The molecule has 6 heteroatoms. The Bertz CT molecular complexity index is 980. The number of hydrogen-bond acceptors (Lipinski definition) is 5. The van der Waals surface area contributed by atoms with Crippen molar-refractivity contribution < 1.29 is 4.74 Å². The SMILES string of the molecule is COc1cccc2c(N(C)c3ccccc3)nc3nncn3c12. The van der Waals surface area contributed by atoms with Gasteiger partial charge in [-0.25, -0.2) is 0 Å². The summed E-state index contributed by atoms with van der Waals surface area (Å²) in [6, 6.07) is 16.0. The van der Waals surface area contributed by atoms with Gasteiger partial charge >= 0.3 is 0 Å². The minimum atomic E-state index is 0.541. The van der Waals surface area contributed by atoms with Gasteiger partial charge in [0.05, 0.1) is 7.11 Å². The standard InChI is InChI=1S/C17H15N5O/c1-21(12-7-4-3-5-8-12)16-13-9-6-10-14(23-2)15(13)22-11-18-20-17(22)19-16/h3-11H,1-2H3.